The van der Waals surface area contributed by atoms with Gasteiger partial charge in [0.25, 0.3) is 5.91 Å². The maximum absolute atomic E-state index is 12.0. The molecule has 0 saturated carbocycles. The number of hydrogen-bond acceptors (Lipinski definition) is 6. The molecule has 1 aliphatic rings. The van der Waals surface area contributed by atoms with Crippen LogP contribution in [0.3, 0.4) is 0 Å². The summed E-state index contributed by atoms with van der Waals surface area (Å²) in [5.74, 6) is -0.329. The third-order valence-electron chi connectivity index (χ3n) is 3.95. The Bertz CT molecular complexity index is 818. The molecule has 0 fully saturated rings. The van der Waals surface area contributed by atoms with Crippen LogP contribution in [-0.4, -0.2) is 33.6 Å². The van der Waals surface area contributed by atoms with Gasteiger partial charge in [-0.2, -0.15) is 5.10 Å². The SMILES string of the molecule is CC[C@@H]1CN=C(Nc2ccc(/C(C)=N\NC(=O)c3ccccn3)cc2)S1. The molecule has 6 nitrogen and oxygen atoms in total. The minimum Gasteiger partial charge on any atom is -0.335 e. The summed E-state index contributed by atoms with van der Waals surface area (Å²) in [4.78, 5) is 20.5. The Kier molecular flexibility index (Phi) is 6.01. The lowest BCUT2D eigenvalue weighted by atomic mass is 10.1. The number of pyridine rings is 1. The van der Waals surface area contributed by atoms with Gasteiger partial charge >= 0.3 is 0 Å². The molecule has 134 valence electrons. The molecule has 1 aliphatic heterocycles. The van der Waals surface area contributed by atoms with E-state index in [2.05, 4.69) is 32.7 Å². The fourth-order valence-electron chi connectivity index (χ4n) is 2.37. The van der Waals surface area contributed by atoms with E-state index in [1.807, 2.05) is 31.2 Å². The second-order valence-corrected chi connectivity index (χ2v) is 7.14. The van der Waals surface area contributed by atoms with E-state index in [1.165, 1.54) is 0 Å². The van der Waals surface area contributed by atoms with Crippen LogP contribution in [0.5, 0.6) is 0 Å². The third-order valence-corrected chi connectivity index (χ3v) is 5.22. The number of amidine groups is 1. The van der Waals surface area contributed by atoms with Gasteiger partial charge in [-0.25, -0.2) is 5.43 Å². The summed E-state index contributed by atoms with van der Waals surface area (Å²) in [7, 11) is 0. The standard InChI is InChI=1S/C19H21N5OS/c1-3-16-12-21-19(26-16)22-15-9-7-14(8-10-15)13(2)23-24-18(25)17-6-4-5-11-20-17/h4-11,16H,3,12H2,1-2H3,(H,21,22)(H,24,25)/b23-13-/t16-/m1/s1. The average Bonchev–Trinajstić information content (AvgIpc) is 3.14. The summed E-state index contributed by atoms with van der Waals surface area (Å²) >= 11 is 1.79. The smallest absolute Gasteiger partial charge is 0.289 e. The number of amides is 1. The second kappa shape index (κ2) is 8.62. The zero-order valence-corrected chi connectivity index (χ0v) is 15.6. The molecular weight excluding hydrogens is 346 g/mol. The van der Waals surface area contributed by atoms with Crippen LogP contribution in [0.1, 0.15) is 36.3 Å². The van der Waals surface area contributed by atoms with Crippen molar-refractivity contribution in [3.8, 4) is 0 Å². The highest BCUT2D eigenvalue weighted by atomic mass is 32.2. The Hall–Kier alpha value is -2.67. The van der Waals surface area contributed by atoms with E-state index >= 15 is 0 Å². The molecule has 0 unspecified atom stereocenters. The molecule has 26 heavy (non-hydrogen) atoms. The van der Waals surface area contributed by atoms with Crippen molar-refractivity contribution in [2.24, 2.45) is 10.1 Å². The molecule has 2 N–H and O–H groups in total. The molecule has 0 bridgehead atoms. The zero-order valence-electron chi connectivity index (χ0n) is 14.8. The number of rotatable bonds is 5. The molecule has 2 heterocycles. The number of aromatic nitrogens is 1. The monoisotopic (exact) mass is 367 g/mol. The highest BCUT2D eigenvalue weighted by Crippen LogP contribution is 2.24. The maximum Gasteiger partial charge on any atom is 0.289 e. The lowest BCUT2D eigenvalue weighted by molar-refractivity contribution is 0.0950. The van der Waals surface area contributed by atoms with E-state index in [0.29, 0.717) is 10.9 Å². The fraction of sp³-hybridized carbons (Fsp3) is 0.263. The van der Waals surface area contributed by atoms with E-state index in [9.17, 15) is 4.79 Å². The lowest BCUT2D eigenvalue weighted by Crippen LogP contribution is -2.20. The van der Waals surface area contributed by atoms with Crippen LogP contribution in [0.2, 0.25) is 0 Å². The normalized spacial score (nSPS) is 16.9. The molecule has 1 aromatic heterocycles. The Balaban J connectivity index is 1.58. The molecule has 0 spiro atoms. The summed E-state index contributed by atoms with van der Waals surface area (Å²) < 4.78 is 0. The Morgan fingerprint density at radius 2 is 2.08 bits per heavy atom. The van der Waals surface area contributed by atoms with Crippen molar-refractivity contribution in [2.75, 3.05) is 11.9 Å². The van der Waals surface area contributed by atoms with Crippen LogP contribution in [0, 0.1) is 0 Å². The van der Waals surface area contributed by atoms with Crippen molar-refractivity contribution in [3.63, 3.8) is 0 Å². The van der Waals surface area contributed by atoms with Crippen LogP contribution in [0.4, 0.5) is 5.69 Å². The van der Waals surface area contributed by atoms with E-state index in [1.54, 1.807) is 36.2 Å². The molecule has 1 aromatic carbocycles. The number of nitrogens with zero attached hydrogens (tertiary/aromatic N) is 3. The van der Waals surface area contributed by atoms with Gasteiger partial charge in [-0.05, 0) is 43.2 Å². The molecule has 3 rings (SSSR count). The molecule has 0 aliphatic carbocycles. The fourth-order valence-corrected chi connectivity index (χ4v) is 3.33. The Morgan fingerprint density at radius 1 is 1.27 bits per heavy atom. The topological polar surface area (TPSA) is 78.7 Å². The number of thioether (sulfide) groups is 1. The average molecular weight is 367 g/mol. The number of aliphatic imine (C=N–C) groups is 1. The van der Waals surface area contributed by atoms with Gasteiger partial charge < -0.3 is 5.32 Å². The number of hydrogen-bond donors (Lipinski definition) is 2. The summed E-state index contributed by atoms with van der Waals surface area (Å²) in [5, 5.41) is 9.04. The molecule has 0 radical (unpaired) electrons. The first kappa shape index (κ1) is 18.1. The van der Waals surface area contributed by atoms with Crippen molar-refractivity contribution >= 4 is 34.2 Å². The van der Waals surface area contributed by atoms with Gasteiger partial charge in [0.1, 0.15) is 5.69 Å². The van der Waals surface area contributed by atoms with Crippen LogP contribution < -0.4 is 10.7 Å². The van der Waals surface area contributed by atoms with Crippen LogP contribution in [-0.2, 0) is 0 Å². The third kappa shape index (κ3) is 4.70. The molecule has 2 aromatic rings. The van der Waals surface area contributed by atoms with E-state index < -0.39 is 0 Å². The zero-order chi connectivity index (χ0) is 18.4. The van der Waals surface area contributed by atoms with Crippen molar-refractivity contribution in [2.45, 2.75) is 25.5 Å². The van der Waals surface area contributed by atoms with Gasteiger partial charge in [-0.3, -0.25) is 14.8 Å². The van der Waals surface area contributed by atoms with Gasteiger partial charge in [0.2, 0.25) is 0 Å². The lowest BCUT2D eigenvalue weighted by Gasteiger charge is -2.08. The predicted molar refractivity (Wildman–Crippen MR) is 108 cm³/mol. The highest BCUT2D eigenvalue weighted by Gasteiger charge is 2.17. The van der Waals surface area contributed by atoms with E-state index in [4.69, 9.17) is 0 Å². The molecule has 0 saturated heterocycles. The predicted octanol–water partition coefficient (Wildman–Crippen LogP) is 3.53. The first-order valence-corrected chi connectivity index (χ1v) is 9.38. The summed E-state index contributed by atoms with van der Waals surface area (Å²) in [6.07, 6.45) is 2.70. The number of benzene rings is 1. The van der Waals surface area contributed by atoms with Crippen LogP contribution in [0.25, 0.3) is 0 Å². The number of anilines is 1. The summed E-state index contributed by atoms with van der Waals surface area (Å²) in [6, 6.07) is 13.1. The molecule has 7 heteroatoms. The summed E-state index contributed by atoms with van der Waals surface area (Å²) in [5.41, 5.74) is 5.51. The first-order valence-electron chi connectivity index (χ1n) is 8.50. The maximum atomic E-state index is 12.0. The van der Waals surface area contributed by atoms with Crippen LogP contribution in [0.15, 0.2) is 58.8 Å². The van der Waals surface area contributed by atoms with Crippen molar-refractivity contribution in [1.29, 1.82) is 0 Å². The first-order chi connectivity index (χ1) is 12.7. The van der Waals surface area contributed by atoms with E-state index in [0.717, 1.165) is 35.1 Å². The Labute approximate surface area is 157 Å². The number of carbonyl (C=O) groups excluding carboxylic acids is 1. The molecule has 1 amide bonds. The second-order valence-electron chi connectivity index (χ2n) is 5.85. The molecular formula is C19H21N5OS. The van der Waals surface area contributed by atoms with Gasteiger partial charge in [0.15, 0.2) is 5.17 Å². The number of hydrazone groups is 1. The minimum absolute atomic E-state index is 0.329. The van der Waals surface area contributed by atoms with Crippen LogP contribution >= 0.6 is 11.8 Å². The number of nitrogens with one attached hydrogen (secondary N) is 2. The number of carbonyl (C=O) groups is 1. The van der Waals surface area contributed by atoms with Gasteiger partial charge in [0.05, 0.1) is 12.3 Å². The highest BCUT2D eigenvalue weighted by molar-refractivity contribution is 8.15. The van der Waals surface area contributed by atoms with Gasteiger partial charge in [0, 0.05) is 17.1 Å². The summed E-state index contributed by atoms with van der Waals surface area (Å²) in [6.45, 7) is 4.91. The van der Waals surface area contributed by atoms with Gasteiger partial charge in [-0.1, -0.05) is 36.9 Å². The minimum atomic E-state index is -0.329. The largest absolute Gasteiger partial charge is 0.335 e. The Morgan fingerprint density at radius 3 is 2.73 bits per heavy atom. The quantitative estimate of drug-likeness (QED) is 0.626. The van der Waals surface area contributed by atoms with Crippen molar-refractivity contribution in [1.82, 2.24) is 10.4 Å². The van der Waals surface area contributed by atoms with E-state index in [-0.39, 0.29) is 5.91 Å². The van der Waals surface area contributed by atoms with Crippen molar-refractivity contribution < 1.29 is 4.79 Å². The van der Waals surface area contributed by atoms with Crippen molar-refractivity contribution in [3.05, 3.63) is 59.9 Å². The van der Waals surface area contributed by atoms with Gasteiger partial charge in [-0.15, -0.1) is 0 Å². The molecule has 1 atom stereocenters.